The van der Waals surface area contributed by atoms with E-state index < -0.39 is 5.41 Å². The number of aromatic nitrogens is 4. The van der Waals surface area contributed by atoms with Crippen molar-refractivity contribution in [2.45, 2.75) is 65.3 Å². The van der Waals surface area contributed by atoms with Crippen molar-refractivity contribution in [2.24, 2.45) is 5.41 Å². The number of nitrogens with one attached hydrogen (secondary N) is 1. The molecule has 0 spiro atoms. The summed E-state index contributed by atoms with van der Waals surface area (Å²) in [4.78, 5) is 50.8. The van der Waals surface area contributed by atoms with Crippen LogP contribution in [0.1, 0.15) is 85.6 Å². The average molecular weight is 565 g/mol. The Morgan fingerprint density at radius 2 is 1.88 bits per heavy atom. The highest BCUT2D eigenvalue weighted by Crippen LogP contribution is 2.28. The van der Waals surface area contributed by atoms with E-state index >= 15 is 0 Å². The number of carbonyl (C=O) groups is 3. The van der Waals surface area contributed by atoms with Crippen LogP contribution in [0.25, 0.3) is 10.6 Å². The molecule has 1 saturated heterocycles. The monoisotopic (exact) mass is 564 g/mol. The number of amides is 2. The molecule has 10 nitrogen and oxygen atoms in total. The van der Waals surface area contributed by atoms with Gasteiger partial charge in [0.25, 0.3) is 5.91 Å². The first kappa shape index (κ1) is 28.1. The van der Waals surface area contributed by atoms with Gasteiger partial charge in [-0.05, 0) is 44.2 Å². The van der Waals surface area contributed by atoms with Crippen LogP contribution >= 0.6 is 11.3 Å². The molecule has 2 aliphatic rings. The number of aryl methyl sites for hydroxylation is 1. The van der Waals surface area contributed by atoms with Gasteiger partial charge in [0.2, 0.25) is 5.91 Å². The van der Waals surface area contributed by atoms with Crippen LogP contribution < -0.4 is 5.32 Å². The molecule has 2 aliphatic heterocycles. The number of nitrogens with zero attached hydrogens (tertiary/aromatic N) is 5. The van der Waals surface area contributed by atoms with Gasteiger partial charge in [0, 0.05) is 67.2 Å². The fraction of sp³-hybridized carbons (Fsp3) is 0.517. The van der Waals surface area contributed by atoms with Crippen LogP contribution in [0.4, 0.5) is 5.69 Å². The Bertz CT molecular complexity index is 1390. The standard InChI is InChI=1S/C29H36N6O4S/c1-29(2,3)28(38)34-12-4-6-20-16-19(8-11-30-20)27-32-23(18-40-27)26(37)31-22-17-35(21-9-14-39-15-10-21)33-25(22)24(36)7-5-13-34/h8,11,16-18,21H,4-7,9-10,12-15H2,1-3H3,(H,31,37). The Kier molecular flexibility index (Phi) is 8.41. The van der Waals surface area contributed by atoms with Crippen LogP contribution in [0.3, 0.4) is 0 Å². The highest BCUT2D eigenvalue weighted by molar-refractivity contribution is 7.13. The summed E-state index contributed by atoms with van der Waals surface area (Å²) in [6.07, 6.45) is 7.24. The lowest BCUT2D eigenvalue weighted by Crippen LogP contribution is -2.41. The van der Waals surface area contributed by atoms with E-state index in [0.717, 1.165) is 30.5 Å². The zero-order valence-corrected chi connectivity index (χ0v) is 24.1. The second-order valence-electron chi connectivity index (χ2n) is 11.4. The molecular weight excluding hydrogens is 528 g/mol. The summed E-state index contributed by atoms with van der Waals surface area (Å²) in [5.74, 6) is -0.493. The first-order chi connectivity index (χ1) is 19.2. The van der Waals surface area contributed by atoms with E-state index in [4.69, 9.17) is 4.74 Å². The summed E-state index contributed by atoms with van der Waals surface area (Å²) in [7, 11) is 0. The second-order valence-corrected chi connectivity index (χ2v) is 12.3. The molecule has 0 atom stereocenters. The molecule has 1 fully saturated rings. The number of thiazole rings is 1. The molecule has 0 aliphatic carbocycles. The molecule has 212 valence electrons. The van der Waals surface area contributed by atoms with Crippen molar-refractivity contribution < 1.29 is 19.1 Å². The van der Waals surface area contributed by atoms with E-state index in [1.54, 1.807) is 22.5 Å². The Hall–Kier alpha value is -3.44. The third-order valence-electron chi connectivity index (χ3n) is 7.23. The summed E-state index contributed by atoms with van der Waals surface area (Å²) in [5, 5.41) is 9.97. The van der Waals surface area contributed by atoms with Crippen LogP contribution in [0.15, 0.2) is 29.9 Å². The quantitative estimate of drug-likeness (QED) is 0.451. The predicted octanol–water partition coefficient (Wildman–Crippen LogP) is 4.79. The fourth-order valence-electron chi connectivity index (χ4n) is 5.06. The summed E-state index contributed by atoms with van der Waals surface area (Å²) >= 11 is 1.38. The van der Waals surface area contributed by atoms with Crippen molar-refractivity contribution in [3.05, 3.63) is 47.0 Å². The molecule has 0 radical (unpaired) electrons. The lowest BCUT2D eigenvalue weighted by molar-refractivity contribution is -0.139. The second kappa shape index (κ2) is 12.0. The maximum atomic E-state index is 13.4. The molecule has 11 heteroatoms. The van der Waals surface area contributed by atoms with Gasteiger partial charge in [0.15, 0.2) is 11.5 Å². The lowest BCUT2D eigenvalue weighted by Gasteiger charge is -2.29. The minimum Gasteiger partial charge on any atom is -0.381 e. The molecule has 2 amide bonds. The molecular formula is C29H36N6O4S. The molecule has 1 N–H and O–H groups in total. The van der Waals surface area contributed by atoms with E-state index in [0.29, 0.717) is 49.8 Å². The minimum atomic E-state index is -0.526. The van der Waals surface area contributed by atoms with Crippen molar-refractivity contribution in [3.63, 3.8) is 0 Å². The van der Waals surface area contributed by atoms with Gasteiger partial charge in [-0.25, -0.2) is 4.98 Å². The van der Waals surface area contributed by atoms with Crippen molar-refractivity contribution in [2.75, 3.05) is 31.6 Å². The zero-order valence-electron chi connectivity index (χ0n) is 23.3. The molecule has 0 saturated carbocycles. The molecule has 0 unspecified atom stereocenters. The van der Waals surface area contributed by atoms with Crippen molar-refractivity contribution in [1.29, 1.82) is 0 Å². The summed E-state index contributed by atoms with van der Waals surface area (Å²) in [5.41, 5.74) is 2.17. The van der Waals surface area contributed by atoms with Gasteiger partial charge < -0.3 is 15.0 Å². The number of Topliss-reactive ketones (excluding diaryl/α,β-unsaturated/α-hetero) is 1. The number of ether oxygens (including phenoxy) is 1. The van der Waals surface area contributed by atoms with E-state index in [1.165, 1.54) is 11.3 Å². The Balaban J connectivity index is 1.47. The molecule has 0 aromatic carbocycles. The maximum Gasteiger partial charge on any atom is 0.275 e. The van der Waals surface area contributed by atoms with Gasteiger partial charge in [-0.2, -0.15) is 5.10 Å². The average Bonchev–Trinajstić information content (AvgIpc) is 3.60. The third kappa shape index (κ3) is 6.47. The van der Waals surface area contributed by atoms with E-state index in [-0.39, 0.29) is 41.4 Å². The number of rotatable bonds is 1. The number of fused-ring (bicyclic) bond motifs is 6. The topological polar surface area (TPSA) is 119 Å². The van der Waals surface area contributed by atoms with Crippen LogP contribution in [0.5, 0.6) is 0 Å². The van der Waals surface area contributed by atoms with Crippen LogP contribution in [-0.4, -0.2) is 68.5 Å². The Morgan fingerprint density at radius 1 is 1.12 bits per heavy atom. The Labute approximate surface area is 238 Å². The van der Waals surface area contributed by atoms with Crippen molar-refractivity contribution in [3.8, 4) is 10.6 Å². The van der Waals surface area contributed by atoms with Crippen LogP contribution in [0.2, 0.25) is 0 Å². The first-order valence-electron chi connectivity index (χ1n) is 13.9. The predicted molar refractivity (Wildman–Crippen MR) is 153 cm³/mol. The number of ketones is 1. The van der Waals surface area contributed by atoms with Gasteiger partial charge in [-0.1, -0.05) is 20.8 Å². The number of carbonyl (C=O) groups excluding carboxylic acids is 3. The molecule has 40 heavy (non-hydrogen) atoms. The highest BCUT2D eigenvalue weighted by atomic mass is 32.1. The highest BCUT2D eigenvalue weighted by Gasteiger charge is 2.28. The number of anilines is 1. The van der Waals surface area contributed by atoms with Gasteiger partial charge in [-0.15, -0.1) is 11.3 Å². The molecule has 4 bridgehead atoms. The lowest BCUT2D eigenvalue weighted by atomic mass is 9.94. The maximum absolute atomic E-state index is 13.4. The summed E-state index contributed by atoms with van der Waals surface area (Å²) < 4.78 is 7.27. The van der Waals surface area contributed by atoms with E-state index in [1.807, 2.05) is 37.8 Å². The van der Waals surface area contributed by atoms with Crippen molar-refractivity contribution in [1.82, 2.24) is 24.6 Å². The van der Waals surface area contributed by atoms with Gasteiger partial charge in [-0.3, -0.25) is 24.0 Å². The molecule has 3 aromatic heterocycles. The SMILES string of the molecule is CC(C)(C)C(=O)N1CCCC(=O)c2nn(C3CCOCC3)cc2NC(=O)c2csc(n2)-c2ccnc(c2)CCC1. The van der Waals surface area contributed by atoms with Crippen LogP contribution in [-0.2, 0) is 16.0 Å². The van der Waals surface area contributed by atoms with Gasteiger partial charge >= 0.3 is 0 Å². The third-order valence-corrected chi connectivity index (χ3v) is 8.12. The van der Waals surface area contributed by atoms with Gasteiger partial charge in [0.1, 0.15) is 10.7 Å². The molecule has 3 aromatic rings. The Morgan fingerprint density at radius 3 is 2.62 bits per heavy atom. The first-order valence-corrected chi connectivity index (χ1v) is 14.8. The summed E-state index contributed by atoms with van der Waals surface area (Å²) in [6, 6.07) is 3.97. The molecule has 5 heterocycles. The minimum absolute atomic E-state index is 0.0584. The number of pyridine rings is 1. The van der Waals surface area contributed by atoms with Gasteiger partial charge in [0.05, 0.1) is 11.7 Å². The van der Waals surface area contributed by atoms with E-state index in [9.17, 15) is 14.4 Å². The largest absolute Gasteiger partial charge is 0.381 e. The van der Waals surface area contributed by atoms with Crippen molar-refractivity contribution >= 4 is 34.6 Å². The zero-order chi connectivity index (χ0) is 28.3. The fourth-order valence-corrected chi connectivity index (χ4v) is 5.86. The normalized spacial score (nSPS) is 18.0. The smallest absolute Gasteiger partial charge is 0.275 e. The van der Waals surface area contributed by atoms with E-state index in [2.05, 4.69) is 20.4 Å². The number of hydrogen-bond donors (Lipinski definition) is 1. The molecule has 5 rings (SSSR count). The summed E-state index contributed by atoms with van der Waals surface area (Å²) in [6.45, 7) is 8.05. The van der Waals surface area contributed by atoms with Crippen LogP contribution in [0, 0.1) is 5.41 Å². The number of hydrogen-bond acceptors (Lipinski definition) is 8.